The highest BCUT2D eigenvalue weighted by Crippen LogP contribution is 2.21. The van der Waals surface area contributed by atoms with Gasteiger partial charge in [0.2, 0.25) is 0 Å². The van der Waals surface area contributed by atoms with Crippen molar-refractivity contribution < 1.29 is 4.52 Å². The van der Waals surface area contributed by atoms with E-state index >= 15 is 0 Å². The van der Waals surface area contributed by atoms with Gasteiger partial charge in [0.1, 0.15) is 0 Å². The molecule has 0 aliphatic heterocycles. The fraction of sp³-hybridized carbons (Fsp3) is 0.375. The molecule has 120 valence electrons. The first-order chi connectivity index (χ1) is 11.1. The largest absolute Gasteiger partial charge is 0.332 e. The van der Waals surface area contributed by atoms with E-state index < -0.39 is 0 Å². The fourth-order valence-corrected chi connectivity index (χ4v) is 2.34. The quantitative estimate of drug-likeness (QED) is 0.777. The zero-order valence-electron chi connectivity index (χ0n) is 13.7. The number of hydrogen-bond acceptors (Lipinski definition) is 6. The normalized spacial score (nSPS) is 12.5. The number of nitrogens with zero attached hydrogens (tertiary/aromatic N) is 5. The van der Waals surface area contributed by atoms with Gasteiger partial charge < -0.3 is 9.84 Å². The summed E-state index contributed by atoms with van der Waals surface area (Å²) in [4.78, 5) is 4.42. The summed E-state index contributed by atoms with van der Waals surface area (Å²) >= 11 is 0. The van der Waals surface area contributed by atoms with E-state index in [0.29, 0.717) is 23.8 Å². The molecule has 0 aliphatic rings. The minimum Gasteiger partial charge on any atom is -0.332 e. The minimum absolute atomic E-state index is 0.282. The van der Waals surface area contributed by atoms with E-state index in [2.05, 4.69) is 38.8 Å². The highest BCUT2D eigenvalue weighted by Gasteiger charge is 2.18. The SMILES string of the molecule is CNC(C)Cc1noc(-c2nnn(-c3cccc(C)c3)c2C)n1. The standard InChI is InChI=1S/C16H20N6O/c1-10-6-5-7-13(8-10)22-12(3)15(19-21-22)16-18-14(20-23-16)9-11(2)17-4/h5-8,11,17H,9H2,1-4H3. The van der Waals surface area contributed by atoms with Crippen LogP contribution in [0.2, 0.25) is 0 Å². The topological polar surface area (TPSA) is 81.7 Å². The summed E-state index contributed by atoms with van der Waals surface area (Å²) in [6, 6.07) is 8.37. The van der Waals surface area contributed by atoms with Crippen LogP contribution in [-0.2, 0) is 6.42 Å². The Morgan fingerprint density at radius 1 is 1.30 bits per heavy atom. The monoisotopic (exact) mass is 312 g/mol. The molecule has 0 aliphatic carbocycles. The summed E-state index contributed by atoms with van der Waals surface area (Å²) in [5.41, 5.74) is 3.61. The summed E-state index contributed by atoms with van der Waals surface area (Å²) in [5, 5.41) is 15.6. The minimum atomic E-state index is 0.282. The van der Waals surface area contributed by atoms with Gasteiger partial charge in [-0.3, -0.25) is 0 Å². The van der Waals surface area contributed by atoms with Crippen molar-refractivity contribution in [1.29, 1.82) is 0 Å². The van der Waals surface area contributed by atoms with Gasteiger partial charge in [-0.15, -0.1) is 5.10 Å². The average Bonchev–Trinajstić information content (AvgIpc) is 3.13. The maximum absolute atomic E-state index is 5.35. The number of nitrogens with one attached hydrogen (secondary N) is 1. The molecule has 1 atom stereocenters. The van der Waals surface area contributed by atoms with Crippen LogP contribution in [0.3, 0.4) is 0 Å². The number of benzene rings is 1. The van der Waals surface area contributed by atoms with E-state index in [4.69, 9.17) is 4.52 Å². The molecule has 3 aromatic rings. The molecule has 7 nitrogen and oxygen atoms in total. The second kappa shape index (κ2) is 6.29. The first kappa shape index (κ1) is 15.4. The van der Waals surface area contributed by atoms with Crippen LogP contribution in [0.4, 0.5) is 0 Å². The van der Waals surface area contributed by atoms with Crippen molar-refractivity contribution in [2.24, 2.45) is 0 Å². The van der Waals surface area contributed by atoms with E-state index in [1.54, 1.807) is 4.68 Å². The summed E-state index contributed by atoms with van der Waals surface area (Å²) < 4.78 is 7.13. The molecule has 2 aromatic heterocycles. The van der Waals surface area contributed by atoms with Crippen LogP contribution in [0.5, 0.6) is 0 Å². The fourth-order valence-electron chi connectivity index (χ4n) is 2.34. The van der Waals surface area contributed by atoms with Crippen molar-refractivity contribution in [1.82, 2.24) is 30.5 Å². The Morgan fingerprint density at radius 3 is 2.87 bits per heavy atom. The van der Waals surface area contributed by atoms with E-state index in [9.17, 15) is 0 Å². The van der Waals surface area contributed by atoms with E-state index in [0.717, 1.165) is 11.4 Å². The van der Waals surface area contributed by atoms with E-state index in [-0.39, 0.29) is 6.04 Å². The lowest BCUT2D eigenvalue weighted by Gasteiger charge is -2.04. The molecule has 1 aromatic carbocycles. The van der Waals surface area contributed by atoms with Crippen molar-refractivity contribution in [3.63, 3.8) is 0 Å². The zero-order valence-corrected chi connectivity index (χ0v) is 13.7. The third-order valence-corrected chi connectivity index (χ3v) is 3.79. The summed E-state index contributed by atoms with van der Waals surface area (Å²) in [6.45, 7) is 6.05. The Bertz CT molecular complexity index is 807. The number of aryl methyl sites for hydroxylation is 1. The zero-order chi connectivity index (χ0) is 16.4. The Balaban J connectivity index is 1.90. The number of likely N-dealkylation sites (N-methyl/N-ethyl adjacent to an activating group) is 1. The first-order valence-corrected chi connectivity index (χ1v) is 7.58. The molecular weight excluding hydrogens is 292 g/mol. The van der Waals surface area contributed by atoms with Crippen molar-refractivity contribution >= 4 is 0 Å². The molecule has 0 amide bonds. The third-order valence-electron chi connectivity index (χ3n) is 3.79. The van der Waals surface area contributed by atoms with Gasteiger partial charge in [0.25, 0.3) is 5.89 Å². The molecule has 0 spiro atoms. The van der Waals surface area contributed by atoms with E-state index in [1.807, 2.05) is 39.1 Å². The second-order valence-electron chi connectivity index (χ2n) is 5.68. The Labute approximate surface area is 134 Å². The first-order valence-electron chi connectivity index (χ1n) is 7.58. The Hall–Kier alpha value is -2.54. The second-order valence-corrected chi connectivity index (χ2v) is 5.68. The number of aromatic nitrogens is 5. The van der Waals surface area contributed by atoms with Crippen LogP contribution in [0.15, 0.2) is 28.8 Å². The molecule has 1 N–H and O–H groups in total. The van der Waals surface area contributed by atoms with Gasteiger partial charge in [0.05, 0.1) is 11.4 Å². The van der Waals surface area contributed by atoms with Crippen LogP contribution < -0.4 is 5.32 Å². The molecule has 0 bridgehead atoms. The van der Waals surface area contributed by atoms with Gasteiger partial charge >= 0.3 is 0 Å². The van der Waals surface area contributed by atoms with Crippen LogP contribution in [0, 0.1) is 13.8 Å². The summed E-state index contributed by atoms with van der Waals surface area (Å²) in [6.07, 6.45) is 0.699. The average molecular weight is 312 g/mol. The smallest absolute Gasteiger partial charge is 0.280 e. The van der Waals surface area contributed by atoms with Crippen molar-refractivity contribution in [3.05, 3.63) is 41.3 Å². The van der Waals surface area contributed by atoms with Gasteiger partial charge in [-0.25, -0.2) is 4.68 Å². The lowest BCUT2D eigenvalue weighted by molar-refractivity contribution is 0.417. The number of rotatable bonds is 5. The molecule has 2 heterocycles. The Morgan fingerprint density at radius 2 is 2.13 bits per heavy atom. The summed E-state index contributed by atoms with van der Waals surface area (Å²) in [5.74, 6) is 1.06. The molecule has 3 rings (SSSR count). The molecule has 0 radical (unpaired) electrons. The lowest BCUT2D eigenvalue weighted by Crippen LogP contribution is -2.24. The molecule has 7 heteroatoms. The predicted molar refractivity (Wildman–Crippen MR) is 86.4 cm³/mol. The highest BCUT2D eigenvalue weighted by atomic mass is 16.5. The van der Waals surface area contributed by atoms with Gasteiger partial charge in [-0.1, -0.05) is 22.5 Å². The third kappa shape index (κ3) is 3.14. The molecule has 1 unspecified atom stereocenters. The van der Waals surface area contributed by atoms with Gasteiger partial charge in [0.15, 0.2) is 11.5 Å². The van der Waals surface area contributed by atoms with Crippen LogP contribution in [-0.4, -0.2) is 38.2 Å². The van der Waals surface area contributed by atoms with Gasteiger partial charge in [-0.2, -0.15) is 4.98 Å². The van der Waals surface area contributed by atoms with Gasteiger partial charge in [0, 0.05) is 12.5 Å². The van der Waals surface area contributed by atoms with E-state index in [1.165, 1.54) is 5.56 Å². The molecule has 0 saturated heterocycles. The van der Waals surface area contributed by atoms with Crippen molar-refractivity contribution in [3.8, 4) is 17.3 Å². The van der Waals surface area contributed by atoms with Crippen LogP contribution in [0.1, 0.15) is 24.0 Å². The predicted octanol–water partition coefficient (Wildman–Crippen LogP) is 2.08. The molecular formula is C16H20N6O. The van der Waals surface area contributed by atoms with Crippen LogP contribution in [0.25, 0.3) is 17.3 Å². The molecule has 0 fully saturated rings. The lowest BCUT2D eigenvalue weighted by atomic mass is 10.2. The molecule has 0 saturated carbocycles. The molecule has 23 heavy (non-hydrogen) atoms. The maximum Gasteiger partial charge on any atom is 0.280 e. The highest BCUT2D eigenvalue weighted by molar-refractivity contribution is 5.51. The number of hydrogen-bond donors (Lipinski definition) is 1. The van der Waals surface area contributed by atoms with Crippen molar-refractivity contribution in [2.75, 3.05) is 7.05 Å². The summed E-state index contributed by atoms with van der Waals surface area (Å²) in [7, 11) is 1.91. The van der Waals surface area contributed by atoms with Gasteiger partial charge in [-0.05, 0) is 45.5 Å². The van der Waals surface area contributed by atoms with Crippen molar-refractivity contribution in [2.45, 2.75) is 33.2 Å². The maximum atomic E-state index is 5.35. The van der Waals surface area contributed by atoms with Crippen LogP contribution >= 0.6 is 0 Å². The Kier molecular flexibility index (Phi) is 4.20.